The Kier molecular flexibility index (Phi) is 10.9. The third kappa shape index (κ3) is 8.76. The molecule has 0 fully saturated rings. The van der Waals surface area contributed by atoms with Crippen molar-refractivity contribution in [2.45, 2.75) is 24.0 Å². The predicted molar refractivity (Wildman–Crippen MR) is 188 cm³/mol. The van der Waals surface area contributed by atoms with Crippen molar-refractivity contribution in [3.05, 3.63) is 166 Å². The first kappa shape index (κ1) is 33.2. The van der Waals surface area contributed by atoms with E-state index in [4.69, 9.17) is 11.6 Å². The van der Waals surface area contributed by atoms with Gasteiger partial charge in [0.2, 0.25) is 5.91 Å². The van der Waals surface area contributed by atoms with E-state index in [1.807, 2.05) is 62.4 Å². The van der Waals surface area contributed by atoms with E-state index in [1.54, 1.807) is 54.6 Å². The molecule has 9 heteroatoms. The zero-order valence-corrected chi connectivity index (χ0v) is 27.2. The van der Waals surface area contributed by atoms with Crippen LogP contribution < -0.4 is 16.0 Å². The summed E-state index contributed by atoms with van der Waals surface area (Å²) in [5.41, 5.74) is 4.29. The molecule has 0 bridgehead atoms. The van der Waals surface area contributed by atoms with Gasteiger partial charge in [-0.1, -0.05) is 72.3 Å². The lowest BCUT2D eigenvalue weighted by atomic mass is 10.1. The number of benzene rings is 5. The van der Waals surface area contributed by atoms with Crippen molar-refractivity contribution in [3.8, 4) is 0 Å². The van der Waals surface area contributed by atoms with Crippen LogP contribution in [0.2, 0.25) is 5.02 Å². The molecule has 5 rings (SSSR count). The number of nitrogens with one attached hydrogen (secondary N) is 3. The third-order valence-electron chi connectivity index (χ3n) is 7.30. The highest BCUT2D eigenvalue weighted by atomic mass is 35.5. The molecule has 0 aliphatic carbocycles. The van der Waals surface area contributed by atoms with Crippen LogP contribution in [0.5, 0.6) is 0 Å². The minimum Gasteiger partial charge on any atom is -0.325 e. The molecule has 3 amide bonds. The second kappa shape index (κ2) is 15.4. The van der Waals surface area contributed by atoms with Crippen LogP contribution in [0.1, 0.15) is 37.9 Å². The summed E-state index contributed by atoms with van der Waals surface area (Å²) in [6, 6.07) is 34.8. The van der Waals surface area contributed by atoms with Gasteiger partial charge in [-0.15, -0.1) is 11.8 Å². The Morgan fingerprint density at radius 2 is 1.40 bits per heavy atom. The lowest BCUT2D eigenvalue weighted by molar-refractivity contribution is -0.116. The predicted octanol–water partition coefficient (Wildman–Crippen LogP) is 8.98. The van der Waals surface area contributed by atoms with Gasteiger partial charge in [0.05, 0.1) is 5.02 Å². The molecule has 0 aliphatic rings. The van der Waals surface area contributed by atoms with E-state index < -0.39 is 22.9 Å². The summed E-state index contributed by atoms with van der Waals surface area (Å²) >= 11 is 7.59. The molecule has 0 saturated heterocycles. The fourth-order valence-corrected chi connectivity index (χ4v) is 5.86. The van der Waals surface area contributed by atoms with E-state index >= 15 is 0 Å². The zero-order valence-electron chi connectivity index (χ0n) is 25.6. The molecule has 0 radical (unpaired) electrons. The molecule has 3 N–H and O–H groups in total. The molecule has 1 atom stereocenters. The Labute approximate surface area is 282 Å². The van der Waals surface area contributed by atoms with Gasteiger partial charge < -0.3 is 16.0 Å². The van der Waals surface area contributed by atoms with Crippen molar-refractivity contribution >= 4 is 58.5 Å². The maximum Gasteiger partial charge on any atom is 0.272 e. The topological polar surface area (TPSA) is 87.3 Å². The molecule has 0 heterocycles. The SMILES string of the molecule is Cc1ccc(NC(=O)C(Sc2ccc(NC(=O)/C(=C/c3c(F)cccc3Cl)NC(=O)c3ccccc3)cc2)c2ccccc2)cc1C. The van der Waals surface area contributed by atoms with Gasteiger partial charge >= 0.3 is 0 Å². The van der Waals surface area contributed by atoms with Crippen molar-refractivity contribution < 1.29 is 18.8 Å². The van der Waals surface area contributed by atoms with Gasteiger partial charge in [0.25, 0.3) is 11.8 Å². The van der Waals surface area contributed by atoms with Gasteiger partial charge in [-0.3, -0.25) is 14.4 Å². The summed E-state index contributed by atoms with van der Waals surface area (Å²) < 4.78 is 14.6. The number of hydrogen-bond acceptors (Lipinski definition) is 4. The molecule has 0 spiro atoms. The van der Waals surface area contributed by atoms with Crippen molar-refractivity contribution in [2.75, 3.05) is 10.6 Å². The Bertz CT molecular complexity index is 1910. The largest absolute Gasteiger partial charge is 0.325 e. The van der Waals surface area contributed by atoms with Crippen molar-refractivity contribution in [2.24, 2.45) is 0 Å². The molecule has 236 valence electrons. The monoisotopic (exact) mass is 663 g/mol. The van der Waals surface area contributed by atoms with E-state index in [9.17, 15) is 18.8 Å². The summed E-state index contributed by atoms with van der Waals surface area (Å²) in [6.45, 7) is 4.02. The quantitative estimate of drug-likeness (QED) is 0.103. The molecule has 0 aromatic heterocycles. The number of carbonyl (C=O) groups is 3. The Morgan fingerprint density at radius 3 is 2.06 bits per heavy atom. The van der Waals surface area contributed by atoms with Gasteiger partial charge in [-0.25, -0.2) is 4.39 Å². The first-order chi connectivity index (χ1) is 22.7. The summed E-state index contributed by atoms with van der Waals surface area (Å²) in [6.07, 6.45) is 1.21. The van der Waals surface area contributed by atoms with Crippen molar-refractivity contribution in [1.29, 1.82) is 0 Å². The second-order valence-corrected chi connectivity index (χ2v) is 12.3. The van der Waals surface area contributed by atoms with Crippen LogP contribution >= 0.6 is 23.4 Å². The second-order valence-electron chi connectivity index (χ2n) is 10.7. The van der Waals surface area contributed by atoms with Crippen LogP contribution in [0.15, 0.2) is 132 Å². The maximum atomic E-state index is 14.6. The Balaban J connectivity index is 1.35. The van der Waals surface area contributed by atoms with E-state index in [1.165, 1.54) is 36.0 Å². The van der Waals surface area contributed by atoms with Crippen LogP contribution in [-0.4, -0.2) is 17.7 Å². The van der Waals surface area contributed by atoms with Gasteiger partial charge in [0, 0.05) is 27.4 Å². The van der Waals surface area contributed by atoms with Gasteiger partial charge in [0.1, 0.15) is 16.8 Å². The highest BCUT2D eigenvalue weighted by Gasteiger charge is 2.23. The normalized spacial score (nSPS) is 11.8. The molecule has 0 saturated carbocycles. The fourth-order valence-electron chi connectivity index (χ4n) is 4.61. The summed E-state index contributed by atoms with van der Waals surface area (Å²) in [5.74, 6) is -2.04. The lowest BCUT2D eigenvalue weighted by Crippen LogP contribution is -2.30. The zero-order chi connectivity index (χ0) is 33.3. The van der Waals surface area contributed by atoms with Gasteiger partial charge in [-0.2, -0.15) is 0 Å². The molecule has 47 heavy (non-hydrogen) atoms. The van der Waals surface area contributed by atoms with Crippen LogP contribution in [-0.2, 0) is 9.59 Å². The number of carbonyl (C=O) groups excluding carboxylic acids is 3. The van der Waals surface area contributed by atoms with Crippen LogP contribution in [0.3, 0.4) is 0 Å². The Hall–Kier alpha value is -5.18. The molecule has 0 aliphatic heterocycles. The standard InChI is InChI=1S/C38H31ClFN3O3S/c1-24-16-17-29(22-25(24)2)42-38(46)35(26-10-5-3-6-11-26)47-30-20-18-28(19-21-30)41-37(45)34(23-31-32(39)14-9-15-33(31)40)43-36(44)27-12-7-4-8-13-27/h3-23,35H,1-2H3,(H,41,45)(H,42,46)(H,43,44)/b34-23-. The third-order valence-corrected chi connectivity index (χ3v) is 8.89. The molecule has 6 nitrogen and oxygen atoms in total. The fraction of sp³-hybridized carbons (Fsp3) is 0.0789. The van der Waals surface area contributed by atoms with E-state index in [0.717, 1.165) is 27.3 Å². The number of aryl methyl sites for hydroxylation is 2. The van der Waals surface area contributed by atoms with Crippen LogP contribution in [0.4, 0.5) is 15.8 Å². The lowest BCUT2D eigenvalue weighted by Gasteiger charge is -2.18. The van der Waals surface area contributed by atoms with Gasteiger partial charge in [-0.05, 0) is 97.3 Å². The summed E-state index contributed by atoms with van der Waals surface area (Å²) in [5, 5.41) is 7.92. The summed E-state index contributed by atoms with van der Waals surface area (Å²) in [7, 11) is 0. The molecule has 1 unspecified atom stereocenters. The highest BCUT2D eigenvalue weighted by Crippen LogP contribution is 2.37. The number of rotatable bonds is 10. The Morgan fingerprint density at radius 1 is 0.745 bits per heavy atom. The van der Waals surface area contributed by atoms with E-state index in [0.29, 0.717) is 11.3 Å². The number of hydrogen-bond donors (Lipinski definition) is 3. The maximum absolute atomic E-state index is 14.6. The minimum atomic E-state index is -0.677. The average Bonchev–Trinajstić information content (AvgIpc) is 3.08. The summed E-state index contributed by atoms with van der Waals surface area (Å²) in [4.78, 5) is 40.7. The van der Waals surface area contributed by atoms with Crippen LogP contribution in [0, 0.1) is 19.7 Å². The smallest absolute Gasteiger partial charge is 0.272 e. The first-order valence-electron chi connectivity index (χ1n) is 14.7. The number of anilines is 2. The highest BCUT2D eigenvalue weighted by molar-refractivity contribution is 8.00. The molecule has 5 aromatic carbocycles. The average molecular weight is 664 g/mol. The van der Waals surface area contributed by atoms with Crippen molar-refractivity contribution in [1.82, 2.24) is 5.32 Å². The first-order valence-corrected chi connectivity index (χ1v) is 16.0. The molecular weight excluding hydrogens is 633 g/mol. The number of amides is 3. The number of halogens is 2. The number of thioether (sulfide) groups is 1. The van der Waals surface area contributed by atoms with E-state index in [2.05, 4.69) is 16.0 Å². The minimum absolute atomic E-state index is 0.0366. The van der Waals surface area contributed by atoms with Gasteiger partial charge in [0.15, 0.2) is 0 Å². The molecular formula is C38H31ClFN3O3S. The van der Waals surface area contributed by atoms with Crippen LogP contribution in [0.25, 0.3) is 6.08 Å². The van der Waals surface area contributed by atoms with Crippen molar-refractivity contribution in [3.63, 3.8) is 0 Å². The molecule has 5 aromatic rings. The van der Waals surface area contributed by atoms with E-state index in [-0.39, 0.29) is 22.2 Å².